The molecule has 0 saturated heterocycles. The van der Waals surface area contributed by atoms with Gasteiger partial charge in [0.2, 0.25) is 12.2 Å². The molecule has 2 aromatic heterocycles. The number of aromatic nitrogens is 3. The Hall–Kier alpha value is -1.97. The van der Waals surface area contributed by atoms with E-state index in [0.29, 0.717) is 12.2 Å². The molecule has 4 heteroatoms. The van der Waals surface area contributed by atoms with Gasteiger partial charge in [-0.2, -0.15) is 4.98 Å². The molecule has 14 heavy (non-hydrogen) atoms. The third-order valence-electron chi connectivity index (χ3n) is 1.83. The maximum absolute atomic E-state index is 4.69. The lowest BCUT2D eigenvalue weighted by Gasteiger charge is -2.00. The number of hydrogen-bond donors (Lipinski definition) is 0. The second-order valence-corrected chi connectivity index (χ2v) is 2.75. The maximum Gasteiger partial charge on any atom is 0.214 e. The Morgan fingerprint density at radius 2 is 2.36 bits per heavy atom. The predicted molar refractivity (Wildman–Crippen MR) is 51.4 cm³/mol. The summed E-state index contributed by atoms with van der Waals surface area (Å²) in [5, 5.41) is 3.77. The molecule has 0 fully saturated rings. The van der Waals surface area contributed by atoms with Crippen molar-refractivity contribution in [2.45, 2.75) is 6.42 Å². The van der Waals surface area contributed by atoms with Crippen molar-refractivity contribution in [1.82, 2.24) is 15.1 Å². The first-order valence-electron chi connectivity index (χ1n) is 4.23. The molecule has 0 aliphatic heterocycles. The van der Waals surface area contributed by atoms with Gasteiger partial charge >= 0.3 is 0 Å². The minimum atomic E-state index is 0.565. The Kier molecular flexibility index (Phi) is 2.36. The summed E-state index contributed by atoms with van der Waals surface area (Å²) in [6.45, 7) is 3.67. The third kappa shape index (κ3) is 1.54. The van der Waals surface area contributed by atoms with Crippen LogP contribution in [0.4, 0.5) is 0 Å². The molecule has 0 radical (unpaired) electrons. The monoisotopic (exact) mass is 187 g/mol. The van der Waals surface area contributed by atoms with E-state index in [2.05, 4.69) is 26.2 Å². The lowest BCUT2D eigenvalue weighted by Crippen LogP contribution is -1.92. The molecule has 2 rings (SSSR count). The zero-order chi connectivity index (χ0) is 9.80. The molecule has 0 aliphatic carbocycles. The summed E-state index contributed by atoms with van der Waals surface area (Å²) in [7, 11) is 0. The van der Waals surface area contributed by atoms with Crippen molar-refractivity contribution >= 4 is 0 Å². The summed E-state index contributed by atoms with van der Waals surface area (Å²) in [5.74, 6) is 0.565. The summed E-state index contributed by atoms with van der Waals surface area (Å²) in [6, 6.07) is 3.76. The molecule has 0 amide bonds. The van der Waals surface area contributed by atoms with E-state index in [1.165, 1.54) is 6.39 Å². The van der Waals surface area contributed by atoms with Crippen molar-refractivity contribution in [1.29, 1.82) is 0 Å². The summed E-state index contributed by atoms with van der Waals surface area (Å²) < 4.78 is 4.69. The van der Waals surface area contributed by atoms with E-state index in [4.69, 9.17) is 0 Å². The number of rotatable bonds is 3. The van der Waals surface area contributed by atoms with Gasteiger partial charge in [0.15, 0.2) is 0 Å². The van der Waals surface area contributed by atoms with Gasteiger partial charge in [0.1, 0.15) is 0 Å². The molecule has 0 aromatic carbocycles. The van der Waals surface area contributed by atoms with Crippen molar-refractivity contribution < 1.29 is 4.52 Å². The van der Waals surface area contributed by atoms with Crippen LogP contribution in [-0.4, -0.2) is 15.1 Å². The van der Waals surface area contributed by atoms with Crippen LogP contribution < -0.4 is 0 Å². The van der Waals surface area contributed by atoms with Gasteiger partial charge in [0, 0.05) is 18.2 Å². The average molecular weight is 187 g/mol. The highest BCUT2D eigenvalue weighted by atomic mass is 16.5. The van der Waals surface area contributed by atoms with E-state index >= 15 is 0 Å². The second-order valence-electron chi connectivity index (χ2n) is 2.75. The largest absolute Gasteiger partial charge is 0.342 e. The molecule has 0 N–H and O–H groups in total. The number of allylic oxidation sites excluding steroid dienone is 1. The van der Waals surface area contributed by atoms with Crippen LogP contribution in [0.15, 0.2) is 41.9 Å². The van der Waals surface area contributed by atoms with Crippen molar-refractivity contribution in [2.75, 3.05) is 0 Å². The summed E-state index contributed by atoms with van der Waals surface area (Å²) >= 11 is 0. The fraction of sp³-hybridized carbons (Fsp3) is 0.100. The fourth-order valence-corrected chi connectivity index (χ4v) is 1.23. The smallest absolute Gasteiger partial charge is 0.214 e. The first-order chi connectivity index (χ1) is 6.92. The average Bonchev–Trinajstić information content (AvgIpc) is 2.72. The highest BCUT2D eigenvalue weighted by molar-refractivity contribution is 5.57. The van der Waals surface area contributed by atoms with Crippen LogP contribution in [0, 0.1) is 0 Å². The molecule has 0 atom stereocenters. The van der Waals surface area contributed by atoms with Crippen LogP contribution in [0.3, 0.4) is 0 Å². The quantitative estimate of drug-likeness (QED) is 0.688. The van der Waals surface area contributed by atoms with Crippen molar-refractivity contribution in [3.05, 3.63) is 43.1 Å². The topological polar surface area (TPSA) is 51.8 Å². The second kappa shape index (κ2) is 3.83. The van der Waals surface area contributed by atoms with Crippen LogP contribution in [0.25, 0.3) is 11.4 Å². The first-order valence-corrected chi connectivity index (χ1v) is 4.23. The van der Waals surface area contributed by atoms with Crippen LogP contribution in [0.1, 0.15) is 5.69 Å². The van der Waals surface area contributed by atoms with E-state index in [-0.39, 0.29) is 0 Å². The van der Waals surface area contributed by atoms with E-state index in [0.717, 1.165) is 11.3 Å². The van der Waals surface area contributed by atoms with Crippen LogP contribution >= 0.6 is 0 Å². The Bertz CT molecular complexity index is 423. The summed E-state index contributed by atoms with van der Waals surface area (Å²) in [6.07, 6.45) is 5.54. The van der Waals surface area contributed by atoms with Crippen molar-refractivity contribution in [2.24, 2.45) is 0 Å². The molecule has 0 unspecified atom stereocenters. The van der Waals surface area contributed by atoms with Crippen molar-refractivity contribution in [3.8, 4) is 11.4 Å². The molecular formula is C10H9N3O. The third-order valence-corrected chi connectivity index (χ3v) is 1.83. The Morgan fingerprint density at radius 3 is 3.07 bits per heavy atom. The van der Waals surface area contributed by atoms with Gasteiger partial charge < -0.3 is 4.52 Å². The van der Waals surface area contributed by atoms with E-state index in [9.17, 15) is 0 Å². The highest BCUT2D eigenvalue weighted by Gasteiger charge is 2.08. The normalized spacial score (nSPS) is 10.0. The highest BCUT2D eigenvalue weighted by Crippen LogP contribution is 2.17. The van der Waals surface area contributed by atoms with Crippen molar-refractivity contribution in [3.63, 3.8) is 0 Å². The molecule has 0 aliphatic rings. The van der Waals surface area contributed by atoms with Gasteiger partial charge in [-0.1, -0.05) is 11.2 Å². The molecule has 70 valence electrons. The Labute approximate surface area is 81.3 Å². The zero-order valence-corrected chi connectivity index (χ0v) is 7.55. The predicted octanol–water partition coefficient (Wildman–Crippen LogP) is 1.86. The Morgan fingerprint density at radius 1 is 1.43 bits per heavy atom. The lowest BCUT2D eigenvalue weighted by molar-refractivity contribution is 0.418. The zero-order valence-electron chi connectivity index (χ0n) is 7.55. The fourth-order valence-electron chi connectivity index (χ4n) is 1.23. The molecule has 0 bridgehead atoms. The van der Waals surface area contributed by atoms with Gasteiger partial charge in [0.05, 0.1) is 5.69 Å². The molecule has 0 spiro atoms. The Balaban J connectivity index is 2.46. The van der Waals surface area contributed by atoms with Crippen LogP contribution in [-0.2, 0) is 6.42 Å². The molecule has 4 nitrogen and oxygen atoms in total. The number of hydrogen-bond acceptors (Lipinski definition) is 4. The molecular weight excluding hydrogens is 178 g/mol. The van der Waals surface area contributed by atoms with Crippen LogP contribution in [0.5, 0.6) is 0 Å². The SMILES string of the molecule is C=CCc1ncccc1-c1ncon1. The standard InChI is InChI=1S/C10H9N3O/c1-2-4-9-8(5-3-6-11-9)10-12-7-14-13-10/h2-3,5-7H,1,4H2. The first kappa shape index (κ1) is 8.62. The summed E-state index contributed by atoms with van der Waals surface area (Å²) in [4.78, 5) is 8.21. The van der Waals surface area contributed by atoms with Gasteiger partial charge in [-0.15, -0.1) is 6.58 Å². The molecule has 2 heterocycles. The van der Waals surface area contributed by atoms with E-state index in [1.807, 2.05) is 12.1 Å². The van der Waals surface area contributed by atoms with Gasteiger partial charge in [-0.05, 0) is 12.1 Å². The van der Waals surface area contributed by atoms with Crippen LogP contribution in [0.2, 0.25) is 0 Å². The molecule has 0 saturated carbocycles. The van der Waals surface area contributed by atoms with E-state index in [1.54, 1.807) is 12.3 Å². The van der Waals surface area contributed by atoms with Gasteiger partial charge in [0.25, 0.3) is 0 Å². The number of pyridine rings is 1. The lowest BCUT2D eigenvalue weighted by atomic mass is 10.1. The minimum Gasteiger partial charge on any atom is -0.342 e. The van der Waals surface area contributed by atoms with Gasteiger partial charge in [-0.25, -0.2) is 0 Å². The minimum absolute atomic E-state index is 0.565. The van der Waals surface area contributed by atoms with Gasteiger partial charge in [-0.3, -0.25) is 4.98 Å². The maximum atomic E-state index is 4.69. The molecule has 2 aromatic rings. The van der Waals surface area contributed by atoms with E-state index < -0.39 is 0 Å². The number of nitrogens with zero attached hydrogens (tertiary/aromatic N) is 3. The summed E-state index contributed by atoms with van der Waals surface area (Å²) in [5.41, 5.74) is 1.80.